The normalized spacial score (nSPS) is 11.7. The molecule has 2 aromatic rings. The molecular formula is C14H11Cl3O2S2. The van der Waals surface area contributed by atoms with E-state index in [9.17, 15) is 8.42 Å². The van der Waals surface area contributed by atoms with E-state index in [0.717, 1.165) is 11.2 Å². The number of hydrogen-bond donors (Lipinski definition) is 0. The lowest BCUT2D eigenvalue weighted by molar-refractivity contribution is 0.602. The fourth-order valence-corrected chi connectivity index (χ4v) is 4.04. The summed E-state index contributed by atoms with van der Waals surface area (Å²) < 4.78 is 24.0. The number of sulfone groups is 1. The van der Waals surface area contributed by atoms with Crippen molar-refractivity contribution < 1.29 is 8.42 Å². The highest BCUT2D eigenvalue weighted by atomic mass is 35.5. The number of hydrogen-bond acceptors (Lipinski definition) is 3. The highest BCUT2D eigenvalue weighted by molar-refractivity contribution is 7.98. The minimum absolute atomic E-state index is 0.170. The first-order valence-electron chi connectivity index (χ1n) is 5.77. The van der Waals surface area contributed by atoms with Gasteiger partial charge in [-0.25, -0.2) is 8.42 Å². The maximum atomic E-state index is 12.0. The van der Waals surface area contributed by atoms with Gasteiger partial charge in [-0.05, 0) is 36.1 Å². The fourth-order valence-electron chi connectivity index (χ4n) is 1.89. The van der Waals surface area contributed by atoms with Crippen molar-refractivity contribution in [3.63, 3.8) is 0 Å². The Hall–Kier alpha value is -0.390. The summed E-state index contributed by atoms with van der Waals surface area (Å²) in [5.74, 6) is 0. The largest absolute Gasteiger partial charge is 0.224 e. The highest BCUT2D eigenvalue weighted by Gasteiger charge is 2.18. The number of benzene rings is 2. The molecule has 112 valence electrons. The van der Waals surface area contributed by atoms with Crippen LogP contribution in [-0.4, -0.2) is 20.9 Å². The second-order valence-electron chi connectivity index (χ2n) is 4.38. The van der Waals surface area contributed by atoms with Gasteiger partial charge < -0.3 is 0 Å². The molecule has 0 saturated carbocycles. The van der Waals surface area contributed by atoms with E-state index in [-0.39, 0.29) is 4.90 Å². The Morgan fingerprint density at radius 3 is 2.14 bits per heavy atom. The van der Waals surface area contributed by atoms with Gasteiger partial charge in [0.25, 0.3) is 0 Å². The maximum absolute atomic E-state index is 12.0. The van der Waals surface area contributed by atoms with Crippen molar-refractivity contribution in [3.05, 3.63) is 45.4 Å². The van der Waals surface area contributed by atoms with Crippen LogP contribution in [-0.2, 0) is 9.84 Å². The Morgan fingerprint density at radius 1 is 0.952 bits per heavy atom. The Labute approximate surface area is 143 Å². The van der Waals surface area contributed by atoms with Crippen LogP contribution in [0.1, 0.15) is 0 Å². The molecule has 21 heavy (non-hydrogen) atoms. The van der Waals surface area contributed by atoms with Crippen molar-refractivity contribution in [1.29, 1.82) is 0 Å². The van der Waals surface area contributed by atoms with Crippen molar-refractivity contribution >= 4 is 56.4 Å². The summed E-state index contributed by atoms with van der Waals surface area (Å²) in [4.78, 5) is 0.967. The summed E-state index contributed by atoms with van der Waals surface area (Å²) in [7, 11) is -3.42. The van der Waals surface area contributed by atoms with Crippen molar-refractivity contribution in [2.24, 2.45) is 0 Å². The van der Waals surface area contributed by atoms with Crippen LogP contribution in [0.25, 0.3) is 11.1 Å². The lowest BCUT2D eigenvalue weighted by atomic mass is 10.1. The topological polar surface area (TPSA) is 34.1 Å². The van der Waals surface area contributed by atoms with Crippen LogP contribution in [0.5, 0.6) is 0 Å². The number of rotatable bonds is 3. The van der Waals surface area contributed by atoms with E-state index in [1.54, 1.807) is 24.3 Å². The second-order valence-corrected chi connectivity index (χ2v) is 8.44. The van der Waals surface area contributed by atoms with Crippen LogP contribution >= 0.6 is 46.6 Å². The summed E-state index contributed by atoms with van der Waals surface area (Å²) in [5.41, 5.74) is 1.24. The molecule has 0 aliphatic rings. The van der Waals surface area contributed by atoms with Gasteiger partial charge in [0.05, 0.1) is 20.0 Å². The molecule has 0 spiro atoms. The molecule has 0 unspecified atom stereocenters. The lowest BCUT2D eigenvalue weighted by Gasteiger charge is -2.12. The standard InChI is InChI=1S/C14H11Cl3O2S2/c1-20-13-6-9(8-3-4-10(15)11(16)5-8)14(7-12(13)17)21(2,18)19/h3-7H,1-2H3. The Balaban J connectivity index is 2.79. The van der Waals surface area contributed by atoms with Crippen molar-refractivity contribution in [2.75, 3.05) is 12.5 Å². The van der Waals surface area contributed by atoms with Crippen LogP contribution in [0.2, 0.25) is 15.1 Å². The van der Waals surface area contributed by atoms with E-state index in [1.165, 1.54) is 17.8 Å². The average Bonchev–Trinajstić information content (AvgIpc) is 2.40. The zero-order valence-electron chi connectivity index (χ0n) is 11.2. The third-order valence-electron chi connectivity index (χ3n) is 2.88. The molecule has 2 aromatic carbocycles. The van der Waals surface area contributed by atoms with Crippen LogP contribution in [0.4, 0.5) is 0 Å². The van der Waals surface area contributed by atoms with Crippen LogP contribution in [0.3, 0.4) is 0 Å². The second kappa shape index (κ2) is 6.39. The molecule has 0 bridgehead atoms. The zero-order chi connectivity index (χ0) is 15.8. The van der Waals surface area contributed by atoms with E-state index < -0.39 is 9.84 Å². The summed E-state index contributed by atoms with van der Waals surface area (Å²) in [6, 6.07) is 8.24. The first-order chi connectivity index (χ1) is 9.74. The lowest BCUT2D eigenvalue weighted by Crippen LogP contribution is -2.01. The summed E-state index contributed by atoms with van der Waals surface area (Å²) in [6.07, 6.45) is 3.03. The van der Waals surface area contributed by atoms with Gasteiger partial charge in [0.15, 0.2) is 9.84 Å². The van der Waals surface area contributed by atoms with Crippen LogP contribution < -0.4 is 0 Å². The minimum atomic E-state index is -3.42. The molecular weight excluding hydrogens is 371 g/mol. The number of thioether (sulfide) groups is 1. The molecule has 0 heterocycles. The molecule has 0 fully saturated rings. The van der Waals surface area contributed by atoms with Crippen molar-refractivity contribution in [1.82, 2.24) is 0 Å². The minimum Gasteiger partial charge on any atom is -0.224 e. The van der Waals surface area contributed by atoms with Gasteiger partial charge in [-0.2, -0.15) is 0 Å². The molecule has 0 aliphatic heterocycles. The van der Waals surface area contributed by atoms with Gasteiger partial charge in [0.1, 0.15) is 0 Å². The smallest absolute Gasteiger partial charge is 0.176 e. The van der Waals surface area contributed by atoms with Gasteiger partial charge in [-0.15, -0.1) is 11.8 Å². The molecule has 2 nitrogen and oxygen atoms in total. The molecule has 0 aromatic heterocycles. The van der Waals surface area contributed by atoms with E-state index in [4.69, 9.17) is 34.8 Å². The summed E-state index contributed by atoms with van der Waals surface area (Å²) >= 11 is 19.5. The van der Waals surface area contributed by atoms with Crippen LogP contribution in [0.15, 0.2) is 40.1 Å². The van der Waals surface area contributed by atoms with Gasteiger partial charge in [0.2, 0.25) is 0 Å². The predicted molar refractivity (Wildman–Crippen MR) is 91.8 cm³/mol. The molecule has 0 N–H and O–H groups in total. The molecule has 0 aliphatic carbocycles. The van der Waals surface area contributed by atoms with Crippen molar-refractivity contribution in [3.8, 4) is 11.1 Å². The van der Waals surface area contributed by atoms with Gasteiger partial charge in [-0.3, -0.25) is 0 Å². The molecule has 0 saturated heterocycles. The van der Waals surface area contributed by atoms with E-state index in [1.807, 2.05) is 6.26 Å². The monoisotopic (exact) mass is 380 g/mol. The Morgan fingerprint density at radius 2 is 1.62 bits per heavy atom. The summed E-state index contributed by atoms with van der Waals surface area (Å²) in [6.45, 7) is 0. The average molecular weight is 382 g/mol. The van der Waals surface area contributed by atoms with Gasteiger partial charge >= 0.3 is 0 Å². The molecule has 0 amide bonds. The molecule has 0 atom stereocenters. The van der Waals surface area contributed by atoms with Crippen LogP contribution in [0, 0.1) is 0 Å². The predicted octanol–water partition coefficient (Wildman–Crippen LogP) is 5.44. The quantitative estimate of drug-likeness (QED) is 0.664. The van der Waals surface area contributed by atoms with Crippen molar-refractivity contribution in [2.45, 2.75) is 9.79 Å². The first-order valence-corrected chi connectivity index (χ1v) is 10.0. The highest BCUT2D eigenvalue weighted by Crippen LogP contribution is 2.38. The molecule has 7 heteroatoms. The fraction of sp³-hybridized carbons (Fsp3) is 0.143. The third-order valence-corrected chi connectivity index (χ3v) is 5.96. The third kappa shape index (κ3) is 3.69. The number of halogens is 3. The Bertz CT molecular complexity index is 802. The van der Waals surface area contributed by atoms with E-state index >= 15 is 0 Å². The van der Waals surface area contributed by atoms with E-state index in [0.29, 0.717) is 26.2 Å². The SMILES string of the molecule is CSc1cc(-c2ccc(Cl)c(Cl)c2)c(S(C)(=O)=O)cc1Cl. The molecule has 0 radical (unpaired) electrons. The maximum Gasteiger partial charge on any atom is 0.176 e. The zero-order valence-corrected chi connectivity index (χ0v) is 15.1. The van der Waals surface area contributed by atoms with E-state index in [2.05, 4.69) is 0 Å². The first kappa shape index (κ1) is 17.0. The summed E-state index contributed by atoms with van der Waals surface area (Å²) in [5, 5.41) is 1.20. The Kier molecular flexibility index (Phi) is 5.16. The van der Waals surface area contributed by atoms with Gasteiger partial charge in [-0.1, -0.05) is 40.9 Å². The van der Waals surface area contributed by atoms with Gasteiger partial charge in [0, 0.05) is 16.7 Å². The molecule has 2 rings (SSSR count).